The molecule has 0 amide bonds. The third-order valence-electron chi connectivity index (χ3n) is 4.71. The minimum absolute atomic E-state index is 0.733. The van der Waals surface area contributed by atoms with Gasteiger partial charge in [-0.25, -0.2) is 0 Å². The van der Waals surface area contributed by atoms with E-state index in [2.05, 4.69) is 32.3 Å². The summed E-state index contributed by atoms with van der Waals surface area (Å²) in [5, 5.41) is 4.81. The van der Waals surface area contributed by atoms with Crippen molar-refractivity contribution in [3.63, 3.8) is 0 Å². The fourth-order valence-corrected chi connectivity index (χ4v) is 3.76. The monoisotopic (exact) mass is 382 g/mol. The molecule has 0 aliphatic carbocycles. The van der Waals surface area contributed by atoms with Gasteiger partial charge in [0.2, 0.25) is 0 Å². The summed E-state index contributed by atoms with van der Waals surface area (Å²) in [5.41, 5.74) is 6.68. The maximum atomic E-state index is 6.02. The van der Waals surface area contributed by atoms with Gasteiger partial charge in [-0.1, -0.05) is 17.7 Å². The maximum Gasteiger partial charge on any atom is 0.173 e. The summed E-state index contributed by atoms with van der Waals surface area (Å²) in [5.74, 6) is 0. The van der Waals surface area contributed by atoms with Crippen molar-refractivity contribution in [2.45, 2.75) is 13.3 Å². The topological polar surface area (TPSA) is 44.0 Å². The van der Waals surface area contributed by atoms with E-state index < -0.39 is 0 Å². The number of thiocarbonyl (C=S) groups is 1. The molecule has 0 saturated carbocycles. The molecule has 0 fully saturated rings. The predicted octanol–water partition coefficient (Wildman–Crippen LogP) is 5.01. The molecule has 3 heterocycles. The third-order valence-corrected chi connectivity index (χ3v) is 5.30. The molecular formula is C20H19ClN4S. The van der Waals surface area contributed by atoms with E-state index in [4.69, 9.17) is 23.8 Å². The van der Waals surface area contributed by atoms with Crippen LogP contribution in [-0.2, 0) is 0 Å². The van der Waals surface area contributed by atoms with Crippen LogP contribution in [0.2, 0.25) is 5.02 Å². The van der Waals surface area contributed by atoms with Gasteiger partial charge in [0.1, 0.15) is 0 Å². The number of nitrogens with zero attached hydrogens (tertiary/aromatic N) is 2. The van der Waals surface area contributed by atoms with Crippen LogP contribution in [0.3, 0.4) is 0 Å². The van der Waals surface area contributed by atoms with Gasteiger partial charge < -0.3 is 15.2 Å². The molecule has 26 heavy (non-hydrogen) atoms. The van der Waals surface area contributed by atoms with E-state index in [9.17, 15) is 0 Å². The number of hydrogen-bond donors (Lipinski definition) is 2. The zero-order valence-electron chi connectivity index (χ0n) is 14.4. The van der Waals surface area contributed by atoms with Crippen molar-refractivity contribution in [3.8, 4) is 0 Å². The van der Waals surface area contributed by atoms with Gasteiger partial charge in [0, 0.05) is 41.8 Å². The first kappa shape index (κ1) is 17.1. The SMILES string of the molecule is Cc1cc(Cl)ccc1NC(=S)N1CC=C(c2c[nH]c3cccnc23)CC1. The molecule has 0 radical (unpaired) electrons. The Balaban J connectivity index is 1.47. The number of aromatic amines is 1. The van der Waals surface area contributed by atoms with Crippen LogP contribution in [0.5, 0.6) is 0 Å². The summed E-state index contributed by atoms with van der Waals surface area (Å²) in [6.07, 6.45) is 7.06. The number of halogens is 1. The Morgan fingerprint density at radius 1 is 1.35 bits per heavy atom. The highest BCUT2D eigenvalue weighted by atomic mass is 35.5. The Bertz CT molecular complexity index is 1010. The summed E-state index contributed by atoms with van der Waals surface area (Å²) in [7, 11) is 0. The lowest BCUT2D eigenvalue weighted by Crippen LogP contribution is -2.37. The van der Waals surface area contributed by atoms with Gasteiger partial charge in [0.15, 0.2) is 5.11 Å². The minimum Gasteiger partial charge on any atom is -0.359 e. The maximum absolute atomic E-state index is 6.02. The van der Waals surface area contributed by atoms with Crippen molar-refractivity contribution >= 4 is 51.2 Å². The Morgan fingerprint density at radius 3 is 3.00 bits per heavy atom. The van der Waals surface area contributed by atoms with E-state index in [1.165, 1.54) is 11.1 Å². The van der Waals surface area contributed by atoms with Crippen molar-refractivity contribution in [1.82, 2.24) is 14.9 Å². The van der Waals surface area contributed by atoms with E-state index in [1.807, 2.05) is 43.6 Å². The minimum atomic E-state index is 0.733. The molecule has 2 N–H and O–H groups in total. The number of aromatic nitrogens is 2. The summed E-state index contributed by atoms with van der Waals surface area (Å²) in [6.45, 7) is 3.69. The lowest BCUT2D eigenvalue weighted by atomic mass is 10.0. The molecule has 2 aromatic heterocycles. The Morgan fingerprint density at radius 2 is 2.23 bits per heavy atom. The van der Waals surface area contributed by atoms with Gasteiger partial charge in [-0.2, -0.15) is 0 Å². The summed E-state index contributed by atoms with van der Waals surface area (Å²) in [6, 6.07) is 9.77. The van der Waals surface area contributed by atoms with Gasteiger partial charge in [0.25, 0.3) is 0 Å². The second kappa shape index (κ2) is 7.09. The number of anilines is 1. The molecule has 0 spiro atoms. The Hall–Kier alpha value is -2.37. The quantitative estimate of drug-likeness (QED) is 0.611. The average Bonchev–Trinajstić information content (AvgIpc) is 3.08. The molecule has 3 aromatic rings. The van der Waals surface area contributed by atoms with E-state index in [0.29, 0.717) is 0 Å². The molecule has 132 valence electrons. The average molecular weight is 383 g/mol. The molecule has 1 aromatic carbocycles. The number of pyridine rings is 1. The van der Waals surface area contributed by atoms with Gasteiger partial charge in [-0.15, -0.1) is 0 Å². The number of H-pyrrole nitrogens is 1. The highest BCUT2D eigenvalue weighted by molar-refractivity contribution is 7.80. The fourth-order valence-electron chi connectivity index (χ4n) is 3.26. The Kier molecular flexibility index (Phi) is 4.66. The Labute approximate surface area is 162 Å². The highest BCUT2D eigenvalue weighted by Gasteiger charge is 2.18. The standard InChI is InChI=1S/C20H19ClN4S/c1-13-11-15(21)4-5-17(13)24-20(26)25-9-6-14(7-10-25)16-12-23-18-3-2-8-22-19(16)18/h2-6,8,11-12,23H,7,9-10H2,1H3,(H,24,26). The number of aryl methyl sites for hydroxylation is 1. The number of nitrogens with one attached hydrogen (secondary N) is 2. The summed E-state index contributed by atoms with van der Waals surface area (Å²) in [4.78, 5) is 9.98. The molecule has 4 rings (SSSR count). The highest BCUT2D eigenvalue weighted by Crippen LogP contribution is 2.28. The van der Waals surface area contributed by atoms with Crippen molar-refractivity contribution in [2.24, 2.45) is 0 Å². The molecule has 0 saturated heterocycles. The first-order valence-corrected chi connectivity index (χ1v) is 9.34. The van der Waals surface area contributed by atoms with E-state index in [0.717, 1.165) is 51.9 Å². The van der Waals surface area contributed by atoms with Crippen molar-refractivity contribution in [2.75, 3.05) is 18.4 Å². The van der Waals surface area contributed by atoms with Crippen LogP contribution in [0, 0.1) is 6.92 Å². The number of hydrogen-bond acceptors (Lipinski definition) is 2. The van der Waals surface area contributed by atoms with Gasteiger partial charge >= 0.3 is 0 Å². The number of fused-ring (bicyclic) bond motifs is 1. The second-order valence-electron chi connectivity index (χ2n) is 6.42. The molecule has 1 aliphatic rings. The van der Waals surface area contributed by atoms with Gasteiger partial charge in [-0.3, -0.25) is 4.98 Å². The van der Waals surface area contributed by atoms with E-state index in [1.54, 1.807) is 0 Å². The van der Waals surface area contributed by atoms with Crippen LogP contribution in [0.25, 0.3) is 16.6 Å². The van der Waals surface area contributed by atoms with Gasteiger partial charge in [-0.05, 0) is 67.0 Å². The smallest absolute Gasteiger partial charge is 0.173 e. The molecular weight excluding hydrogens is 364 g/mol. The number of rotatable bonds is 2. The van der Waals surface area contributed by atoms with Crippen molar-refractivity contribution in [3.05, 3.63) is 65.0 Å². The lowest BCUT2D eigenvalue weighted by Gasteiger charge is -2.29. The van der Waals surface area contributed by atoms with Crippen LogP contribution in [0.15, 0.2) is 48.8 Å². The first-order chi connectivity index (χ1) is 12.6. The van der Waals surface area contributed by atoms with Crippen molar-refractivity contribution in [1.29, 1.82) is 0 Å². The van der Waals surface area contributed by atoms with Crippen LogP contribution in [-0.4, -0.2) is 33.1 Å². The lowest BCUT2D eigenvalue weighted by molar-refractivity contribution is 0.466. The normalized spacial score (nSPS) is 14.4. The summed E-state index contributed by atoms with van der Waals surface area (Å²) < 4.78 is 0. The zero-order valence-corrected chi connectivity index (χ0v) is 16.0. The van der Waals surface area contributed by atoms with Crippen LogP contribution in [0.1, 0.15) is 17.5 Å². The predicted molar refractivity (Wildman–Crippen MR) is 113 cm³/mol. The zero-order chi connectivity index (χ0) is 18.1. The third kappa shape index (κ3) is 3.32. The van der Waals surface area contributed by atoms with E-state index >= 15 is 0 Å². The molecule has 6 heteroatoms. The largest absolute Gasteiger partial charge is 0.359 e. The van der Waals surface area contributed by atoms with Crippen LogP contribution in [0.4, 0.5) is 5.69 Å². The van der Waals surface area contributed by atoms with E-state index in [-0.39, 0.29) is 0 Å². The van der Waals surface area contributed by atoms with Gasteiger partial charge in [0.05, 0.1) is 11.0 Å². The first-order valence-electron chi connectivity index (χ1n) is 8.55. The second-order valence-corrected chi connectivity index (χ2v) is 7.24. The molecule has 1 aliphatic heterocycles. The fraction of sp³-hybridized carbons (Fsp3) is 0.200. The molecule has 4 nitrogen and oxygen atoms in total. The summed E-state index contributed by atoms with van der Waals surface area (Å²) >= 11 is 11.6. The van der Waals surface area contributed by atoms with Crippen LogP contribution >= 0.6 is 23.8 Å². The molecule has 0 bridgehead atoms. The van der Waals surface area contributed by atoms with Crippen molar-refractivity contribution < 1.29 is 0 Å². The number of benzene rings is 1. The van der Waals surface area contributed by atoms with Crippen LogP contribution < -0.4 is 5.32 Å². The molecule has 0 unspecified atom stereocenters. The molecule has 0 atom stereocenters.